The Labute approximate surface area is 212 Å². The zero-order valence-corrected chi connectivity index (χ0v) is 20.0. The lowest BCUT2D eigenvalue weighted by atomic mass is 9.88. The van der Waals surface area contributed by atoms with E-state index in [1.807, 2.05) is 42.5 Å². The normalized spacial score (nSPS) is 18.4. The molecule has 0 aromatic heterocycles. The molecule has 180 valence electrons. The Kier molecular flexibility index (Phi) is 5.43. The average molecular weight is 500 g/mol. The number of ketones is 1. The van der Waals surface area contributed by atoms with Gasteiger partial charge in [-0.2, -0.15) is 0 Å². The van der Waals surface area contributed by atoms with Crippen molar-refractivity contribution in [2.75, 3.05) is 18.1 Å². The van der Waals surface area contributed by atoms with Gasteiger partial charge in [0.25, 0.3) is 5.91 Å². The number of ether oxygens (including phenoxy) is 2. The number of rotatable bonds is 5. The largest absolute Gasteiger partial charge is 0.486 e. The first-order chi connectivity index (χ1) is 17.4. The van der Waals surface area contributed by atoms with E-state index in [-0.39, 0.29) is 12.3 Å². The third-order valence-electron chi connectivity index (χ3n) is 6.78. The zero-order chi connectivity index (χ0) is 24.9. The highest BCUT2D eigenvalue weighted by Gasteiger charge is 2.51. The van der Waals surface area contributed by atoms with Crippen LogP contribution in [0.4, 0.5) is 5.69 Å². The molecule has 0 aliphatic carbocycles. The van der Waals surface area contributed by atoms with E-state index in [1.165, 1.54) is 4.90 Å². The Hall–Kier alpha value is -3.87. The van der Waals surface area contributed by atoms with Crippen LogP contribution in [0.15, 0.2) is 78.9 Å². The third kappa shape index (κ3) is 3.70. The third-order valence-corrected chi connectivity index (χ3v) is 7.02. The van der Waals surface area contributed by atoms with E-state index >= 15 is 0 Å². The van der Waals surface area contributed by atoms with Crippen LogP contribution in [0.1, 0.15) is 27.9 Å². The summed E-state index contributed by atoms with van der Waals surface area (Å²) in [5.41, 5.74) is 0.0806. The van der Waals surface area contributed by atoms with Crippen molar-refractivity contribution in [1.29, 1.82) is 0 Å². The summed E-state index contributed by atoms with van der Waals surface area (Å²) in [6.07, 6.45) is -0.426. The van der Waals surface area contributed by atoms with Gasteiger partial charge < -0.3 is 19.5 Å². The molecule has 0 fully saturated rings. The lowest BCUT2D eigenvalue weighted by molar-refractivity contribution is -0.136. The molecule has 2 aliphatic rings. The van der Waals surface area contributed by atoms with Crippen LogP contribution in [-0.2, 0) is 16.9 Å². The molecule has 4 aromatic carbocycles. The van der Waals surface area contributed by atoms with Crippen LogP contribution >= 0.6 is 11.6 Å². The standard InChI is InChI=1S/C29H22ClNO5/c30-21-9-10-24-23(15-21)29(34,16-25(32)19-8-11-26-27(14-19)36-13-12-35-26)28(33)31(24)17-20-6-3-5-18-4-1-2-7-22(18)20/h1-11,14-15,34H,12-13,16-17H2. The first-order valence-electron chi connectivity index (χ1n) is 11.7. The second-order valence-corrected chi connectivity index (χ2v) is 9.45. The van der Waals surface area contributed by atoms with Gasteiger partial charge in [-0.05, 0) is 52.7 Å². The first-order valence-corrected chi connectivity index (χ1v) is 12.1. The maximum absolute atomic E-state index is 13.8. The SMILES string of the molecule is O=C(CC1(O)C(=O)N(Cc2cccc3ccccc23)c2ccc(Cl)cc21)c1ccc2c(c1)OCCO2. The summed E-state index contributed by atoms with van der Waals surface area (Å²) in [4.78, 5) is 28.6. The molecule has 4 aromatic rings. The lowest BCUT2D eigenvalue weighted by Gasteiger charge is -2.24. The van der Waals surface area contributed by atoms with E-state index < -0.39 is 17.9 Å². The molecule has 36 heavy (non-hydrogen) atoms. The molecule has 2 aliphatic heterocycles. The molecule has 0 radical (unpaired) electrons. The second kappa shape index (κ2) is 8.66. The Bertz CT molecular complexity index is 1530. The second-order valence-electron chi connectivity index (χ2n) is 9.01. The summed E-state index contributed by atoms with van der Waals surface area (Å²) in [7, 11) is 0. The number of aliphatic hydroxyl groups is 1. The van der Waals surface area contributed by atoms with E-state index in [2.05, 4.69) is 0 Å². The van der Waals surface area contributed by atoms with E-state index in [9.17, 15) is 14.7 Å². The predicted molar refractivity (Wildman–Crippen MR) is 137 cm³/mol. The molecular formula is C29H22ClNO5. The Morgan fingerprint density at radius 1 is 0.944 bits per heavy atom. The number of hydrogen-bond acceptors (Lipinski definition) is 5. The summed E-state index contributed by atoms with van der Waals surface area (Å²) in [5, 5.41) is 14.2. The minimum atomic E-state index is -2.05. The average Bonchev–Trinajstić information content (AvgIpc) is 3.09. The van der Waals surface area contributed by atoms with Crippen molar-refractivity contribution in [2.45, 2.75) is 18.6 Å². The van der Waals surface area contributed by atoms with Gasteiger partial charge in [0.1, 0.15) is 13.2 Å². The quantitative estimate of drug-likeness (QED) is 0.378. The molecule has 1 N–H and O–H groups in total. The fraction of sp³-hybridized carbons (Fsp3) is 0.172. The minimum Gasteiger partial charge on any atom is -0.486 e. The molecule has 0 saturated heterocycles. The number of carbonyl (C=O) groups is 2. The minimum absolute atomic E-state index is 0.245. The first kappa shape index (κ1) is 22.6. The number of hydrogen-bond donors (Lipinski definition) is 1. The topological polar surface area (TPSA) is 76.1 Å². The van der Waals surface area contributed by atoms with Gasteiger partial charge in [0.2, 0.25) is 0 Å². The number of halogens is 1. The number of amides is 1. The maximum Gasteiger partial charge on any atom is 0.264 e. The molecule has 0 saturated carbocycles. The highest BCUT2D eigenvalue weighted by atomic mass is 35.5. The molecule has 0 spiro atoms. The highest BCUT2D eigenvalue weighted by molar-refractivity contribution is 6.31. The van der Waals surface area contributed by atoms with E-state index in [0.717, 1.165) is 16.3 Å². The van der Waals surface area contributed by atoms with Crippen LogP contribution < -0.4 is 14.4 Å². The van der Waals surface area contributed by atoms with Crippen molar-refractivity contribution in [3.05, 3.63) is 101 Å². The Morgan fingerprint density at radius 2 is 1.72 bits per heavy atom. The van der Waals surface area contributed by atoms with Crippen LogP contribution in [0.3, 0.4) is 0 Å². The van der Waals surface area contributed by atoms with Crippen molar-refractivity contribution in [3.63, 3.8) is 0 Å². The van der Waals surface area contributed by atoms with Gasteiger partial charge in [-0.3, -0.25) is 9.59 Å². The van der Waals surface area contributed by atoms with Gasteiger partial charge in [0.05, 0.1) is 18.7 Å². The van der Waals surface area contributed by atoms with E-state index in [1.54, 1.807) is 36.4 Å². The van der Waals surface area contributed by atoms with Gasteiger partial charge in [0, 0.05) is 16.1 Å². The molecule has 6 nitrogen and oxygen atoms in total. The van der Waals surface area contributed by atoms with Crippen molar-refractivity contribution >= 4 is 39.8 Å². The van der Waals surface area contributed by atoms with E-state index in [0.29, 0.717) is 46.5 Å². The van der Waals surface area contributed by atoms with Crippen molar-refractivity contribution in [2.24, 2.45) is 0 Å². The van der Waals surface area contributed by atoms with Crippen LogP contribution in [0.5, 0.6) is 11.5 Å². The maximum atomic E-state index is 13.8. The molecule has 6 rings (SSSR count). The number of nitrogens with zero attached hydrogens (tertiary/aromatic N) is 1. The van der Waals surface area contributed by atoms with Gasteiger partial charge >= 0.3 is 0 Å². The molecule has 1 unspecified atom stereocenters. The van der Waals surface area contributed by atoms with Crippen LogP contribution in [0, 0.1) is 0 Å². The summed E-state index contributed by atoms with van der Waals surface area (Å²) in [6, 6.07) is 23.7. The summed E-state index contributed by atoms with van der Waals surface area (Å²) < 4.78 is 11.1. The number of fused-ring (bicyclic) bond motifs is 3. The number of carbonyl (C=O) groups excluding carboxylic acids is 2. The highest BCUT2D eigenvalue weighted by Crippen LogP contribution is 2.45. The van der Waals surface area contributed by atoms with Crippen LogP contribution in [-0.4, -0.2) is 30.0 Å². The van der Waals surface area contributed by atoms with Crippen LogP contribution in [0.2, 0.25) is 5.02 Å². The lowest BCUT2D eigenvalue weighted by Crippen LogP contribution is -2.41. The number of Topliss-reactive ketones (excluding diaryl/α,β-unsaturated/α-hetero) is 1. The number of benzene rings is 4. The molecule has 7 heteroatoms. The van der Waals surface area contributed by atoms with Crippen molar-refractivity contribution in [1.82, 2.24) is 0 Å². The summed E-state index contributed by atoms with van der Waals surface area (Å²) >= 11 is 6.26. The zero-order valence-electron chi connectivity index (χ0n) is 19.2. The van der Waals surface area contributed by atoms with E-state index in [4.69, 9.17) is 21.1 Å². The Morgan fingerprint density at radius 3 is 2.58 bits per heavy atom. The Balaban J connectivity index is 1.36. The molecule has 0 bridgehead atoms. The summed E-state index contributed by atoms with van der Waals surface area (Å²) in [5.74, 6) is 0.0871. The fourth-order valence-corrected chi connectivity index (χ4v) is 5.17. The molecular weight excluding hydrogens is 478 g/mol. The van der Waals surface area contributed by atoms with Gasteiger partial charge in [-0.1, -0.05) is 54.1 Å². The molecule has 1 atom stereocenters. The fourth-order valence-electron chi connectivity index (χ4n) is 5.00. The predicted octanol–water partition coefficient (Wildman–Crippen LogP) is 5.27. The van der Waals surface area contributed by atoms with Crippen LogP contribution in [0.25, 0.3) is 10.8 Å². The number of anilines is 1. The van der Waals surface area contributed by atoms with Crippen molar-refractivity contribution < 1.29 is 24.2 Å². The van der Waals surface area contributed by atoms with Gasteiger partial charge in [0.15, 0.2) is 22.9 Å². The van der Waals surface area contributed by atoms with Gasteiger partial charge in [-0.25, -0.2) is 0 Å². The van der Waals surface area contributed by atoms with Crippen molar-refractivity contribution in [3.8, 4) is 11.5 Å². The smallest absolute Gasteiger partial charge is 0.264 e. The summed E-state index contributed by atoms with van der Waals surface area (Å²) in [6.45, 7) is 1.08. The van der Waals surface area contributed by atoms with Gasteiger partial charge in [-0.15, -0.1) is 0 Å². The molecule has 1 amide bonds. The monoisotopic (exact) mass is 499 g/mol. The molecule has 2 heterocycles.